The van der Waals surface area contributed by atoms with Crippen LogP contribution in [0.25, 0.3) is 0 Å². The standard InChI is InChI=1S/C12H18N2O4/c1-8(17-9(2)15)11-12(16)18-13-14(11)10-6-4-3-5-7-10/h8,10H,3-7H2,1-2H3. The summed E-state index contributed by atoms with van der Waals surface area (Å²) in [5.74, 6) is -0.937. The zero-order valence-electron chi connectivity index (χ0n) is 10.7. The summed E-state index contributed by atoms with van der Waals surface area (Å²) >= 11 is 0. The van der Waals surface area contributed by atoms with Crippen LogP contribution in [0.2, 0.25) is 0 Å². The first-order valence-electron chi connectivity index (χ1n) is 6.35. The van der Waals surface area contributed by atoms with Gasteiger partial charge >= 0.3 is 5.97 Å². The average Bonchev–Trinajstić information content (AvgIpc) is 2.71. The van der Waals surface area contributed by atoms with Crippen LogP contribution in [-0.2, 0) is 9.53 Å². The number of nitrogens with zero attached hydrogens (tertiary/aromatic N) is 2. The van der Waals surface area contributed by atoms with Crippen LogP contribution in [0.3, 0.4) is 0 Å². The van der Waals surface area contributed by atoms with Crippen LogP contribution in [0.5, 0.6) is 5.95 Å². The van der Waals surface area contributed by atoms with Gasteiger partial charge in [0.2, 0.25) is 0 Å². The maximum atomic E-state index is 11.7. The Morgan fingerprint density at radius 3 is 2.78 bits per heavy atom. The minimum atomic E-state index is -0.622. The minimum absolute atomic E-state index is 0.179. The lowest BCUT2D eigenvalue weighted by molar-refractivity contribution is -0.795. The van der Waals surface area contributed by atoms with Gasteiger partial charge in [0, 0.05) is 19.8 Å². The molecule has 6 heteroatoms. The monoisotopic (exact) mass is 254 g/mol. The fourth-order valence-electron chi connectivity index (χ4n) is 2.51. The van der Waals surface area contributed by atoms with E-state index in [0.717, 1.165) is 25.7 Å². The van der Waals surface area contributed by atoms with Crippen molar-refractivity contribution in [1.82, 2.24) is 5.27 Å². The topological polar surface area (TPSA) is 79.3 Å². The quantitative estimate of drug-likeness (QED) is 0.597. The van der Waals surface area contributed by atoms with Crippen LogP contribution in [0, 0.1) is 0 Å². The molecule has 0 spiro atoms. The summed E-state index contributed by atoms with van der Waals surface area (Å²) in [6, 6.07) is 0.179. The Bertz CT molecular complexity index is 424. The third-order valence-corrected chi connectivity index (χ3v) is 3.32. The Morgan fingerprint density at radius 2 is 2.17 bits per heavy atom. The molecule has 0 bridgehead atoms. The Balaban J connectivity index is 2.22. The van der Waals surface area contributed by atoms with Gasteiger partial charge in [0.1, 0.15) is 0 Å². The molecule has 2 rings (SSSR count). The van der Waals surface area contributed by atoms with E-state index in [0.29, 0.717) is 5.69 Å². The Morgan fingerprint density at radius 1 is 1.50 bits per heavy atom. The summed E-state index contributed by atoms with van der Waals surface area (Å²) in [5, 5.41) is 15.5. The molecule has 1 aromatic rings. The Kier molecular flexibility index (Phi) is 3.84. The summed E-state index contributed by atoms with van der Waals surface area (Å²) in [6.07, 6.45) is 4.81. The van der Waals surface area contributed by atoms with Crippen molar-refractivity contribution < 1.29 is 23.8 Å². The van der Waals surface area contributed by atoms with Crippen LogP contribution in [0.1, 0.15) is 63.8 Å². The van der Waals surface area contributed by atoms with Gasteiger partial charge in [-0.2, -0.15) is 0 Å². The van der Waals surface area contributed by atoms with Crippen LogP contribution < -0.4 is 9.79 Å². The minimum Gasteiger partial charge on any atom is -0.539 e. The average molecular weight is 254 g/mol. The first kappa shape index (κ1) is 12.9. The van der Waals surface area contributed by atoms with E-state index in [1.165, 1.54) is 13.3 Å². The number of carbonyl (C=O) groups excluding carboxylic acids is 1. The van der Waals surface area contributed by atoms with Crippen LogP contribution >= 0.6 is 0 Å². The maximum absolute atomic E-state index is 11.7. The molecular weight excluding hydrogens is 236 g/mol. The van der Waals surface area contributed by atoms with E-state index in [2.05, 4.69) is 5.27 Å². The summed E-state index contributed by atoms with van der Waals surface area (Å²) in [7, 11) is 0. The van der Waals surface area contributed by atoms with E-state index in [4.69, 9.17) is 9.26 Å². The molecule has 1 saturated carbocycles. The van der Waals surface area contributed by atoms with Gasteiger partial charge in [-0.3, -0.25) is 4.79 Å². The number of hydrogen-bond donors (Lipinski definition) is 0. The molecule has 6 nitrogen and oxygen atoms in total. The molecule has 1 fully saturated rings. The van der Waals surface area contributed by atoms with E-state index < -0.39 is 18.0 Å². The van der Waals surface area contributed by atoms with Crippen molar-refractivity contribution in [1.29, 1.82) is 0 Å². The van der Waals surface area contributed by atoms with Crippen LogP contribution in [0.15, 0.2) is 4.52 Å². The van der Waals surface area contributed by atoms with Gasteiger partial charge in [0.05, 0.1) is 5.27 Å². The highest BCUT2D eigenvalue weighted by Crippen LogP contribution is 2.28. The van der Waals surface area contributed by atoms with Crippen molar-refractivity contribution in [3.8, 4) is 5.95 Å². The van der Waals surface area contributed by atoms with Crippen molar-refractivity contribution >= 4 is 5.97 Å². The fourth-order valence-corrected chi connectivity index (χ4v) is 2.51. The molecule has 1 heterocycles. The molecular formula is C12H18N2O4. The summed E-state index contributed by atoms with van der Waals surface area (Å²) < 4.78 is 11.4. The molecule has 0 radical (unpaired) electrons. The van der Waals surface area contributed by atoms with Crippen molar-refractivity contribution in [3.05, 3.63) is 5.69 Å². The predicted molar refractivity (Wildman–Crippen MR) is 58.4 cm³/mol. The molecule has 18 heavy (non-hydrogen) atoms. The zero-order valence-corrected chi connectivity index (χ0v) is 10.7. The lowest BCUT2D eigenvalue weighted by Crippen LogP contribution is -2.46. The van der Waals surface area contributed by atoms with Crippen molar-refractivity contribution in [2.24, 2.45) is 0 Å². The first-order valence-corrected chi connectivity index (χ1v) is 6.35. The van der Waals surface area contributed by atoms with Gasteiger partial charge in [-0.05, 0) is 19.8 Å². The van der Waals surface area contributed by atoms with E-state index in [1.807, 2.05) is 0 Å². The number of hydrogen-bond acceptors (Lipinski definition) is 5. The van der Waals surface area contributed by atoms with Gasteiger partial charge in [-0.15, -0.1) is 0 Å². The molecule has 1 aliphatic rings. The lowest BCUT2D eigenvalue weighted by Gasteiger charge is -2.17. The van der Waals surface area contributed by atoms with Gasteiger partial charge in [0.15, 0.2) is 18.1 Å². The number of aromatic nitrogens is 2. The fraction of sp³-hybridized carbons (Fsp3) is 0.750. The molecule has 0 N–H and O–H groups in total. The first-order chi connectivity index (χ1) is 8.59. The summed E-state index contributed by atoms with van der Waals surface area (Å²) in [6.45, 7) is 2.98. The van der Waals surface area contributed by atoms with E-state index in [1.54, 1.807) is 11.6 Å². The molecule has 1 atom stereocenters. The second-order valence-corrected chi connectivity index (χ2v) is 4.73. The highest BCUT2D eigenvalue weighted by atomic mass is 16.6. The SMILES string of the molecule is CC(=O)OC(C)c1c([O-])on[n+]1C1CCCCC1. The van der Waals surface area contributed by atoms with Crippen molar-refractivity contribution in [2.75, 3.05) is 0 Å². The molecule has 0 aromatic carbocycles. The number of carbonyl (C=O) groups is 1. The number of ether oxygens (including phenoxy) is 1. The van der Waals surface area contributed by atoms with Crippen LogP contribution in [-0.4, -0.2) is 11.2 Å². The summed E-state index contributed by atoms with van der Waals surface area (Å²) in [5.41, 5.74) is 0.331. The van der Waals surface area contributed by atoms with Crippen molar-refractivity contribution in [3.63, 3.8) is 0 Å². The number of esters is 1. The second kappa shape index (κ2) is 5.37. The highest BCUT2D eigenvalue weighted by Gasteiger charge is 2.33. The molecule has 0 amide bonds. The van der Waals surface area contributed by atoms with Gasteiger partial charge in [-0.25, -0.2) is 0 Å². The normalized spacial score (nSPS) is 18.6. The highest BCUT2D eigenvalue weighted by molar-refractivity contribution is 5.66. The van der Waals surface area contributed by atoms with Gasteiger partial charge in [-0.1, -0.05) is 11.1 Å². The third-order valence-electron chi connectivity index (χ3n) is 3.32. The third kappa shape index (κ3) is 2.63. The Labute approximate surface area is 106 Å². The van der Waals surface area contributed by atoms with Crippen molar-refractivity contribution in [2.45, 2.75) is 58.1 Å². The lowest BCUT2D eigenvalue weighted by atomic mass is 9.95. The molecule has 0 aliphatic heterocycles. The summed E-state index contributed by atoms with van der Waals surface area (Å²) in [4.78, 5) is 11.0. The van der Waals surface area contributed by atoms with Gasteiger partial charge in [0.25, 0.3) is 5.69 Å². The molecule has 100 valence electrons. The van der Waals surface area contributed by atoms with E-state index in [9.17, 15) is 9.90 Å². The van der Waals surface area contributed by atoms with Crippen LogP contribution in [0.4, 0.5) is 0 Å². The molecule has 0 saturated heterocycles. The van der Waals surface area contributed by atoms with E-state index in [-0.39, 0.29) is 6.04 Å². The zero-order chi connectivity index (χ0) is 13.1. The largest absolute Gasteiger partial charge is 0.539 e. The molecule has 1 unspecified atom stereocenters. The maximum Gasteiger partial charge on any atom is 0.303 e. The van der Waals surface area contributed by atoms with E-state index >= 15 is 0 Å². The smallest absolute Gasteiger partial charge is 0.303 e. The molecule has 1 aliphatic carbocycles. The predicted octanol–water partition coefficient (Wildman–Crippen LogP) is 1.16. The number of rotatable bonds is 3. The molecule has 1 aromatic heterocycles. The Hall–Kier alpha value is -1.59. The van der Waals surface area contributed by atoms with Gasteiger partial charge < -0.3 is 14.4 Å². The second-order valence-electron chi connectivity index (χ2n) is 4.73.